The molecule has 0 bridgehead atoms. The van der Waals surface area contributed by atoms with Gasteiger partial charge in [0, 0.05) is 0 Å². The third-order valence-electron chi connectivity index (χ3n) is 2.47. The predicted octanol–water partition coefficient (Wildman–Crippen LogP) is 2.44. The van der Waals surface area contributed by atoms with Crippen LogP contribution in [0.1, 0.15) is 20.7 Å². The molecule has 0 heterocycles. The summed E-state index contributed by atoms with van der Waals surface area (Å²) in [6.45, 7) is 0. The molecule has 22 heavy (non-hydrogen) atoms. The molecule has 2 aromatic carbocycles. The van der Waals surface area contributed by atoms with Crippen molar-refractivity contribution in [1.29, 1.82) is 0 Å². The van der Waals surface area contributed by atoms with Gasteiger partial charge >= 0.3 is 81.3 Å². The number of carbonyl (C=O) groups is 2. The van der Waals surface area contributed by atoms with Gasteiger partial charge in [0.05, 0.1) is 5.56 Å². The quantitative estimate of drug-likeness (QED) is 0.758. The number of halogens is 2. The Balaban J connectivity index is 0.000000385. The second kappa shape index (κ2) is 9.88. The molecule has 2 radical (unpaired) electrons. The van der Waals surface area contributed by atoms with Gasteiger partial charge in [-0.15, -0.1) is 0 Å². The number of benzene rings is 2. The Labute approximate surface area is 136 Å². The first-order valence-electron chi connectivity index (χ1n) is 5.94. The van der Waals surface area contributed by atoms with Crippen molar-refractivity contribution in [2.24, 2.45) is 0 Å². The first-order valence-corrected chi connectivity index (χ1v) is 10.2. The molecule has 2 N–H and O–H groups in total. The number of carboxylic acid groups (broad SMARTS) is 2. The van der Waals surface area contributed by atoms with Crippen LogP contribution >= 0.6 is 0 Å². The van der Waals surface area contributed by atoms with Gasteiger partial charge < -0.3 is 5.11 Å². The molecular weight excluding hydrogens is 400 g/mol. The Morgan fingerprint density at radius 1 is 0.955 bits per heavy atom. The maximum absolute atomic E-state index is 12.3. The Kier molecular flexibility index (Phi) is 9.00. The Hall–Kier alpha value is -1.96. The summed E-state index contributed by atoms with van der Waals surface area (Å²) >= 11 is -0.472. The molecule has 116 valence electrons. The molecule has 2 aromatic rings. The summed E-state index contributed by atoms with van der Waals surface area (Å²) in [7, 11) is 0. The van der Waals surface area contributed by atoms with E-state index in [2.05, 4.69) is 4.94 Å². The minimum absolute atomic E-state index is 0. The molecule has 0 fully saturated rings. The van der Waals surface area contributed by atoms with Crippen LogP contribution in [0.15, 0.2) is 48.5 Å². The van der Waals surface area contributed by atoms with Crippen LogP contribution in [0.25, 0.3) is 0 Å². The average molecular weight is 414 g/mol. The number of hydrogen-bond donors (Lipinski definition) is 2. The molecule has 0 unspecified atom stereocenters. The van der Waals surface area contributed by atoms with E-state index in [4.69, 9.17) is 10.2 Å². The van der Waals surface area contributed by atoms with Crippen LogP contribution in [0, 0.1) is 5.82 Å². The molecule has 0 aliphatic heterocycles. The summed E-state index contributed by atoms with van der Waals surface area (Å²) in [5, 5.41) is 17.0. The Morgan fingerprint density at radius 3 is 1.86 bits per heavy atom. The molecule has 0 atom stereocenters. The maximum atomic E-state index is 12.3. The van der Waals surface area contributed by atoms with Gasteiger partial charge in [0.25, 0.3) is 0 Å². The minimum atomic E-state index is -1.11. The van der Waals surface area contributed by atoms with E-state index >= 15 is 0 Å². The van der Waals surface area contributed by atoms with Gasteiger partial charge in [-0.1, -0.05) is 6.07 Å². The normalized spacial score (nSPS) is 9.00. The van der Waals surface area contributed by atoms with E-state index in [-0.39, 0.29) is 10.3 Å². The van der Waals surface area contributed by atoms with E-state index < -0.39 is 38.9 Å². The molecule has 0 aromatic heterocycles. The molecule has 0 aliphatic carbocycles. The topological polar surface area (TPSA) is 74.6 Å². The van der Waals surface area contributed by atoms with E-state index in [0.717, 1.165) is 6.07 Å². The van der Waals surface area contributed by atoms with Gasteiger partial charge in [0.1, 0.15) is 5.82 Å². The molecule has 0 saturated carbocycles. The van der Waals surface area contributed by atoms with Crippen LogP contribution in [-0.2, 0) is 0 Å². The number of aromatic carboxylic acids is 2. The van der Waals surface area contributed by atoms with Crippen LogP contribution in [0.4, 0.5) is 9.09 Å². The molecule has 7 heteroatoms. The first-order chi connectivity index (χ1) is 9.93. The molecular formula is C15H14F2O4Sn. The molecule has 0 aliphatic rings. The molecule has 0 spiro atoms. The second-order valence-corrected chi connectivity index (χ2v) is 7.03. The summed E-state index contributed by atoms with van der Waals surface area (Å²) in [6.07, 6.45) is 0. The predicted molar refractivity (Wildman–Crippen MR) is 80.5 cm³/mol. The second-order valence-electron chi connectivity index (χ2n) is 3.95. The van der Waals surface area contributed by atoms with Gasteiger partial charge in [-0.25, -0.2) is 9.18 Å². The summed E-state index contributed by atoms with van der Waals surface area (Å²) in [5.41, 5.74) is 0.380. The van der Waals surface area contributed by atoms with Crippen molar-refractivity contribution >= 4 is 36.7 Å². The summed E-state index contributed by atoms with van der Waals surface area (Å²) in [4.78, 5) is 22.8. The third kappa shape index (κ3) is 6.66. The van der Waals surface area contributed by atoms with E-state index in [1.165, 1.54) is 21.8 Å². The number of rotatable bonds is 3. The van der Waals surface area contributed by atoms with E-state index in [9.17, 15) is 14.0 Å². The zero-order valence-corrected chi connectivity index (χ0v) is 14.5. The van der Waals surface area contributed by atoms with Crippen molar-refractivity contribution < 1.29 is 28.9 Å². The SMILES string of the molecule is F.O=C(O)c1cccc([18F])c1.[CH3][Sn][c]1cccc(C(=O)O)c1. The molecule has 0 amide bonds. The number of carboxylic acids is 2. The van der Waals surface area contributed by atoms with E-state index in [1.807, 2.05) is 12.1 Å². The molecule has 2 rings (SSSR count). The van der Waals surface area contributed by atoms with Crippen LogP contribution in [0.3, 0.4) is 0 Å². The van der Waals surface area contributed by atoms with Gasteiger partial charge in [0.15, 0.2) is 0 Å². The average Bonchev–Trinajstić information content (AvgIpc) is 2.48. The Bertz CT molecular complexity index is 647. The zero-order chi connectivity index (χ0) is 15.8. The Morgan fingerprint density at radius 2 is 1.45 bits per heavy atom. The van der Waals surface area contributed by atoms with Crippen molar-refractivity contribution in [2.45, 2.75) is 4.94 Å². The fourth-order valence-electron chi connectivity index (χ4n) is 1.43. The van der Waals surface area contributed by atoms with Crippen molar-refractivity contribution in [2.75, 3.05) is 0 Å². The van der Waals surface area contributed by atoms with E-state index in [1.54, 1.807) is 12.1 Å². The fraction of sp³-hybridized carbons (Fsp3) is 0.0667. The van der Waals surface area contributed by atoms with Crippen molar-refractivity contribution in [1.82, 2.24) is 0 Å². The van der Waals surface area contributed by atoms with E-state index in [0.29, 0.717) is 5.56 Å². The fourth-order valence-corrected chi connectivity index (χ4v) is 3.04. The van der Waals surface area contributed by atoms with Crippen molar-refractivity contribution in [3.8, 4) is 0 Å². The van der Waals surface area contributed by atoms with Gasteiger partial charge in [0.2, 0.25) is 0 Å². The number of hydrogen-bond acceptors (Lipinski definition) is 2. The third-order valence-corrected chi connectivity index (χ3v) is 5.01. The van der Waals surface area contributed by atoms with Gasteiger partial charge in [-0.05, 0) is 18.2 Å². The summed E-state index contributed by atoms with van der Waals surface area (Å²) in [6, 6.07) is 12.1. The van der Waals surface area contributed by atoms with Crippen LogP contribution < -0.4 is 3.58 Å². The standard InChI is InChI=1S/C7H5FO2.C7H5O2.CH3.FH.Sn/c8-6-3-1-2-5(4-6)7(9)10;8-7(9)6-4-2-1-3-5-6;;;/h1-4H,(H,9,10);1-2,4-5H,(H,8,9);1H3;1H;/i8-1;;;;. The first kappa shape index (κ1) is 20.0. The molecule has 4 nitrogen and oxygen atoms in total. The zero-order valence-electron chi connectivity index (χ0n) is 11.6. The van der Waals surface area contributed by atoms with Gasteiger partial charge in [-0.2, -0.15) is 0 Å². The molecule has 0 saturated heterocycles. The van der Waals surface area contributed by atoms with Crippen molar-refractivity contribution in [3.63, 3.8) is 0 Å². The van der Waals surface area contributed by atoms with Crippen LogP contribution in [0.5, 0.6) is 0 Å². The van der Waals surface area contributed by atoms with Crippen LogP contribution in [0.2, 0.25) is 4.94 Å². The van der Waals surface area contributed by atoms with Crippen LogP contribution in [-0.4, -0.2) is 43.3 Å². The summed E-state index contributed by atoms with van der Waals surface area (Å²) in [5.74, 6) is -2.47. The monoisotopic (exact) mass is 415 g/mol. The summed E-state index contributed by atoms with van der Waals surface area (Å²) < 4.78 is 13.5. The van der Waals surface area contributed by atoms with Gasteiger partial charge in [-0.3, -0.25) is 4.70 Å². The van der Waals surface area contributed by atoms with Crippen molar-refractivity contribution in [3.05, 3.63) is 65.5 Å².